The van der Waals surface area contributed by atoms with Crippen LogP contribution in [0.4, 0.5) is 0 Å². The molecule has 2 aromatic heterocycles. The van der Waals surface area contributed by atoms with Gasteiger partial charge in [0.1, 0.15) is 11.6 Å². The highest BCUT2D eigenvalue weighted by molar-refractivity contribution is 6.30. The summed E-state index contributed by atoms with van der Waals surface area (Å²) in [7, 11) is 0. The number of carbonyl (C=O) groups is 1. The molecular weight excluding hydrogens is 412 g/mol. The van der Waals surface area contributed by atoms with Crippen LogP contribution in [-0.4, -0.2) is 27.0 Å². The zero-order valence-electron chi connectivity index (χ0n) is 17.0. The molecule has 0 saturated heterocycles. The summed E-state index contributed by atoms with van der Waals surface area (Å²) in [6, 6.07) is 18.8. The molecule has 0 aliphatic rings. The largest absolute Gasteiger partial charge is 0.494 e. The molecule has 0 aliphatic carbocycles. The van der Waals surface area contributed by atoms with E-state index in [-0.39, 0.29) is 5.91 Å². The van der Waals surface area contributed by atoms with Crippen molar-refractivity contribution in [2.45, 2.75) is 25.9 Å². The third kappa shape index (κ3) is 5.41. The van der Waals surface area contributed by atoms with Gasteiger partial charge in [-0.15, -0.1) is 0 Å². The fourth-order valence-electron chi connectivity index (χ4n) is 3.37. The van der Waals surface area contributed by atoms with Crippen LogP contribution in [0.3, 0.4) is 0 Å². The summed E-state index contributed by atoms with van der Waals surface area (Å²) in [5.41, 5.74) is 2.57. The summed E-state index contributed by atoms with van der Waals surface area (Å²) in [6.45, 7) is 1.78. The van der Waals surface area contributed by atoms with E-state index in [0.29, 0.717) is 23.7 Å². The number of hydrogen-bond donors (Lipinski definition) is 1. The van der Waals surface area contributed by atoms with Crippen molar-refractivity contribution in [1.29, 1.82) is 0 Å². The fraction of sp³-hybridized carbons (Fsp3) is 0.208. The number of ether oxygens (including phenoxy) is 1. The minimum absolute atomic E-state index is 0.141. The number of imidazole rings is 1. The first-order valence-corrected chi connectivity index (χ1v) is 10.6. The van der Waals surface area contributed by atoms with Crippen molar-refractivity contribution in [3.8, 4) is 5.75 Å². The number of hydrogen-bond acceptors (Lipinski definition) is 4. The molecule has 0 unspecified atom stereocenters. The maximum atomic E-state index is 12.4. The van der Waals surface area contributed by atoms with E-state index in [2.05, 4.69) is 20.9 Å². The molecule has 7 heteroatoms. The number of unbranched alkanes of at least 4 members (excludes halogenated alkanes) is 1. The monoisotopic (exact) mass is 434 g/mol. The molecule has 1 amide bonds. The second kappa shape index (κ2) is 10.1. The molecule has 6 nitrogen and oxygen atoms in total. The summed E-state index contributed by atoms with van der Waals surface area (Å²) in [6.07, 6.45) is 5.05. The van der Waals surface area contributed by atoms with Gasteiger partial charge < -0.3 is 14.6 Å². The van der Waals surface area contributed by atoms with E-state index in [9.17, 15) is 4.79 Å². The Balaban J connectivity index is 1.37. The molecular formula is C24H23ClN4O2. The van der Waals surface area contributed by atoms with Crippen molar-refractivity contribution in [3.63, 3.8) is 0 Å². The maximum absolute atomic E-state index is 12.4. The number of carbonyl (C=O) groups excluding carboxylic acids is 1. The molecule has 158 valence electrons. The van der Waals surface area contributed by atoms with Gasteiger partial charge in [-0.1, -0.05) is 23.7 Å². The average molecular weight is 435 g/mol. The molecule has 2 heterocycles. The lowest BCUT2D eigenvalue weighted by Gasteiger charge is -2.11. The van der Waals surface area contributed by atoms with Crippen LogP contribution in [0.1, 0.15) is 29.0 Å². The zero-order valence-corrected chi connectivity index (χ0v) is 17.8. The number of aryl methyl sites for hydroxylation is 1. The predicted molar refractivity (Wildman–Crippen MR) is 121 cm³/mol. The molecule has 4 rings (SSSR count). The second-order valence-corrected chi connectivity index (χ2v) is 7.53. The molecule has 0 fully saturated rings. The van der Waals surface area contributed by atoms with Crippen molar-refractivity contribution in [3.05, 3.63) is 89.5 Å². The summed E-state index contributed by atoms with van der Waals surface area (Å²) < 4.78 is 7.95. The van der Waals surface area contributed by atoms with Gasteiger partial charge in [0.05, 0.1) is 24.2 Å². The Labute approximate surface area is 185 Å². The zero-order chi connectivity index (χ0) is 21.5. The number of nitrogens with one attached hydrogen (secondary N) is 1. The first kappa shape index (κ1) is 20.9. The predicted octanol–water partition coefficient (Wildman–Crippen LogP) is 4.87. The molecule has 2 aromatic carbocycles. The number of aromatic nitrogens is 3. The van der Waals surface area contributed by atoms with E-state index >= 15 is 0 Å². The van der Waals surface area contributed by atoms with Gasteiger partial charge in [0, 0.05) is 29.5 Å². The van der Waals surface area contributed by atoms with E-state index in [1.807, 2.05) is 42.5 Å². The molecule has 1 N–H and O–H groups in total. The Hall–Kier alpha value is -3.38. The first-order valence-electron chi connectivity index (χ1n) is 10.2. The topological polar surface area (TPSA) is 69.0 Å². The molecule has 0 saturated carbocycles. The molecule has 0 aliphatic heterocycles. The van der Waals surface area contributed by atoms with E-state index < -0.39 is 0 Å². The second-order valence-electron chi connectivity index (χ2n) is 7.10. The van der Waals surface area contributed by atoms with Crippen molar-refractivity contribution in [2.75, 3.05) is 6.61 Å². The number of pyridine rings is 1. The van der Waals surface area contributed by atoms with E-state index in [1.165, 1.54) is 0 Å². The van der Waals surface area contributed by atoms with Crippen LogP contribution >= 0.6 is 11.6 Å². The Morgan fingerprint density at radius 3 is 2.58 bits per heavy atom. The molecule has 0 atom stereocenters. The standard InChI is InChI=1S/C24H23ClN4O2/c25-19-7-9-20(10-8-19)31-16-4-3-15-29-22-6-2-1-5-21(22)28-23(29)17-27-24(30)18-11-13-26-14-12-18/h1-2,5-14H,3-4,15-17H2,(H,27,30). The lowest BCUT2D eigenvalue weighted by molar-refractivity contribution is 0.0949. The van der Waals surface area contributed by atoms with Gasteiger partial charge >= 0.3 is 0 Å². The summed E-state index contributed by atoms with van der Waals surface area (Å²) in [4.78, 5) is 21.1. The van der Waals surface area contributed by atoms with Crippen LogP contribution in [0.5, 0.6) is 5.75 Å². The Morgan fingerprint density at radius 1 is 1.00 bits per heavy atom. The number of fused-ring (bicyclic) bond motifs is 1. The Kier molecular flexibility index (Phi) is 6.79. The lowest BCUT2D eigenvalue weighted by Crippen LogP contribution is -2.24. The number of amides is 1. The summed E-state index contributed by atoms with van der Waals surface area (Å²) in [5, 5.41) is 3.66. The highest BCUT2D eigenvalue weighted by Crippen LogP contribution is 2.18. The van der Waals surface area contributed by atoms with E-state index in [4.69, 9.17) is 21.3 Å². The van der Waals surface area contributed by atoms with Gasteiger partial charge in [-0.05, 0) is 61.4 Å². The normalized spacial score (nSPS) is 10.9. The van der Waals surface area contributed by atoms with Gasteiger partial charge in [-0.3, -0.25) is 9.78 Å². The molecule has 0 radical (unpaired) electrons. The van der Waals surface area contributed by atoms with Crippen molar-refractivity contribution in [2.24, 2.45) is 0 Å². The maximum Gasteiger partial charge on any atom is 0.251 e. The van der Waals surface area contributed by atoms with Crippen LogP contribution in [0.2, 0.25) is 5.02 Å². The minimum Gasteiger partial charge on any atom is -0.494 e. The highest BCUT2D eigenvalue weighted by Gasteiger charge is 2.12. The van der Waals surface area contributed by atoms with Crippen LogP contribution < -0.4 is 10.1 Å². The van der Waals surface area contributed by atoms with Crippen molar-refractivity contribution < 1.29 is 9.53 Å². The van der Waals surface area contributed by atoms with Crippen LogP contribution in [-0.2, 0) is 13.1 Å². The van der Waals surface area contributed by atoms with Crippen LogP contribution in [0.25, 0.3) is 11.0 Å². The number of halogens is 1. The number of benzene rings is 2. The Morgan fingerprint density at radius 2 is 1.77 bits per heavy atom. The first-order chi connectivity index (χ1) is 15.2. The summed E-state index contributed by atoms with van der Waals surface area (Å²) in [5.74, 6) is 1.51. The average Bonchev–Trinajstić information content (AvgIpc) is 3.16. The lowest BCUT2D eigenvalue weighted by atomic mass is 10.2. The Bertz CT molecular complexity index is 1140. The van der Waals surface area contributed by atoms with Crippen LogP contribution in [0.15, 0.2) is 73.1 Å². The minimum atomic E-state index is -0.141. The van der Waals surface area contributed by atoms with E-state index in [0.717, 1.165) is 42.0 Å². The highest BCUT2D eigenvalue weighted by atomic mass is 35.5. The van der Waals surface area contributed by atoms with Gasteiger partial charge in [-0.2, -0.15) is 0 Å². The molecule has 31 heavy (non-hydrogen) atoms. The quantitative estimate of drug-likeness (QED) is 0.381. The fourth-order valence-corrected chi connectivity index (χ4v) is 3.49. The molecule has 4 aromatic rings. The van der Waals surface area contributed by atoms with Gasteiger partial charge in [0.25, 0.3) is 5.91 Å². The SMILES string of the molecule is O=C(NCc1nc2ccccc2n1CCCCOc1ccc(Cl)cc1)c1ccncc1. The van der Waals surface area contributed by atoms with Crippen molar-refractivity contribution in [1.82, 2.24) is 19.9 Å². The third-order valence-corrected chi connectivity index (χ3v) is 5.19. The number of para-hydroxylation sites is 2. The van der Waals surface area contributed by atoms with Crippen LogP contribution in [0, 0.1) is 0 Å². The van der Waals surface area contributed by atoms with Crippen molar-refractivity contribution >= 4 is 28.5 Å². The number of rotatable bonds is 9. The van der Waals surface area contributed by atoms with E-state index in [1.54, 1.807) is 24.5 Å². The molecule has 0 spiro atoms. The third-order valence-electron chi connectivity index (χ3n) is 4.94. The number of nitrogens with zero attached hydrogens (tertiary/aromatic N) is 3. The van der Waals surface area contributed by atoms with Gasteiger partial charge in [0.2, 0.25) is 0 Å². The van der Waals surface area contributed by atoms with Gasteiger partial charge in [-0.25, -0.2) is 4.98 Å². The molecule has 0 bridgehead atoms. The van der Waals surface area contributed by atoms with Gasteiger partial charge in [0.15, 0.2) is 0 Å². The summed E-state index contributed by atoms with van der Waals surface area (Å²) >= 11 is 5.90. The smallest absolute Gasteiger partial charge is 0.251 e.